The van der Waals surface area contributed by atoms with Crippen molar-refractivity contribution in [3.8, 4) is 5.75 Å². The average molecular weight is 336 g/mol. The zero-order valence-corrected chi connectivity index (χ0v) is 13.0. The molecule has 0 aromatic heterocycles. The van der Waals surface area contributed by atoms with E-state index in [4.69, 9.17) is 4.74 Å². The summed E-state index contributed by atoms with van der Waals surface area (Å²) in [6, 6.07) is 8.98. The minimum atomic E-state index is -0.254. The van der Waals surface area contributed by atoms with E-state index >= 15 is 0 Å². The van der Waals surface area contributed by atoms with Crippen molar-refractivity contribution in [2.24, 2.45) is 0 Å². The van der Waals surface area contributed by atoms with Gasteiger partial charge in [-0.15, -0.1) is 0 Å². The predicted molar refractivity (Wildman–Crippen MR) is 71.3 cm³/mol. The molecule has 2 aliphatic rings. The quantitative estimate of drug-likeness (QED) is 0.846. The Morgan fingerprint density at radius 2 is 1.71 bits per heavy atom. The fourth-order valence-electron chi connectivity index (χ4n) is 2.20. The maximum atomic E-state index is 6.01. The van der Waals surface area contributed by atoms with E-state index in [1.54, 1.807) is 3.58 Å². The van der Waals surface area contributed by atoms with Crippen LogP contribution in [0.3, 0.4) is 0 Å². The van der Waals surface area contributed by atoms with Gasteiger partial charge in [0.05, 0.1) is 0 Å². The van der Waals surface area contributed by atoms with Gasteiger partial charge in [-0.1, -0.05) is 0 Å². The average Bonchev–Trinajstić information content (AvgIpc) is 3.17. The molecule has 2 fully saturated rings. The predicted octanol–water partition coefficient (Wildman–Crippen LogP) is 1.73. The van der Waals surface area contributed by atoms with Crippen LogP contribution in [-0.4, -0.2) is 40.3 Å². The number of hydrogen-bond acceptors (Lipinski definition) is 2. The molecule has 2 radical (unpaired) electrons. The number of piperidine rings is 1. The van der Waals surface area contributed by atoms with Gasteiger partial charge < -0.3 is 0 Å². The van der Waals surface area contributed by atoms with E-state index in [0.29, 0.717) is 6.10 Å². The Kier molecular flexibility index (Phi) is 3.91. The number of nitrogens with one attached hydrogen (secondary N) is 1. The van der Waals surface area contributed by atoms with Crippen molar-refractivity contribution in [3.05, 3.63) is 24.3 Å². The first-order valence-corrected chi connectivity index (χ1v) is 9.71. The third kappa shape index (κ3) is 3.62. The molecule has 1 saturated heterocycles. The summed E-state index contributed by atoms with van der Waals surface area (Å²) < 4.78 is 8.78. The molecule has 1 aromatic rings. The summed E-state index contributed by atoms with van der Waals surface area (Å²) in [4.78, 5) is 0. The summed E-state index contributed by atoms with van der Waals surface area (Å²) in [6.45, 7) is 2.19. The van der Waals surface area contributed by atoms with E-state index in [1.165, 1.54) is 12.8 Å². The molecule has 0 unspecified atom stereocenters. The van der Waals surface area contributed by atoms with E-state index in [1.807, 2.05) is 0 Å². The standard InChI is InChI=1S/C11H14NO.C3H5.Sn/c1-2-4-10(5-3-1)13-11-6-8-12-9-7-11;1-2-3-1;/h2-5,11-12H,6-9H2;1H,2-3H2;. The monoisotopic (exact) mass is 337 g/mol. The van der Waals surface area contributed by atoms with Gasteiger partial charge in [0.25, 0.3) is 0 Å². The van der Waals surface area contributed by atoms with Gasteiger partial charge in [0, 0.05) is 0 Å². The van der Waals surface area contributed by atoms with Crippen molar-refractivity contribution in [2.45, 2.75) is 35.7 Å². The van der Waals surface area contributed by atoms with Gasteiger partial charge in [0.1, 0.15) is 0 Å². The third-order valence-corrected chi connectivity index (χ3v) is 8.11. The number of hydrogen-bond donors (Lipinski definition) is 1. The van der Waals surface area contributed by atoms with E-state index in [0.717, 1.165) is 35.6 Å². The molecule has 1 aliphatic carbocycles. The van der Waals surface area contributed by atoms with Gasteiger partial charge in [-0.3, -0.25) is 0 Å². The van der Waals surface area contributed by atoms with E-state index in [9.17, 15) is 0 Å². The van der Waals surface area contributed by atoms with Crippen molar-refractivity contribution in [1.82, 2.24) is 5.32 Å². The van der Waals surface area contributed by atoms with Crippen LogP contribution in [0.2, 0.25) is 3.93 Å². The maximum absolute atomic E-state index is 6.01. The second kappa shape index (κ2) is 5.61. The van der Waals surface area contributed by atoms with Gasteiger partial charge in [0.15, 0.2) is 0 Å². The molecule has 0 atom stereocenters. The van der Waals surface area contributed by atoms with Crippen LogP contribution in [0.5, 0.6) is 5.75 Å². The zero-order chi connectivity index (χ0) is 11.5. The van der Waals surface area contributed by atoms with E-state index < -0.39 is 0 Å². The molecule has 1 saturated carbocycles. The molecule has 3 rings (SSSR count). The Balaban J connectivity index is 1.55. The third-order valence-electron chi connectivity index (χ3n) is 3.39. The Bertz CT molecular complexity index is 355. The summed E-state index contributed by atoms with van der Waals surface area (Å²) in [6.07, 6.45) is 5.70. The van der Waals surface area contributed by atoms with Crippen LogP contribution in [0.15, 0.2) is 24.3 Å². The van der Waals surface area contributed by atoms with Crippen LogP contribution in [0.4, 0.5) is 0 Å². The fraction of sp³-hybridized carbons (Fsp3) is 0.571. The number of rotatable bonds is 4. The van der Waals surface area contributed by atoms with Crippen LogP contribution >= 0.6 is 0 Å². The first kappa shape index (κ1) is 11.8. The van der Waals surface area contributed by atoms with Crippen molar-refractivity contribution in [3.63, 3.8) is 0 Å². The van der Waals surface area contributed by atoms with Crippen LogP contribution in [0, 0.1) is 0 Å². The van der Waals surface area contributed by atoms with Crippen molar-refractivity contribution >= 4 is 24.7 Å². The first-order valence-electron chi connectivity index (χ1n) is 6.64. The molecule has 17 heavy (non-hydrogen) atoms. The summed E-state index contributed by atoms with van der Waals surface area (Å²) in [5.74, 6) is 1.07. The van der Waals surface area contributed by atoms with Gasteiger partial charge in [0.2, 0.25) is 0 Å². The Hall–Kier alpha value is -0.221. The summed E-state index contributed by atoms with van der Waals surface area (Å²) in [7, 11) is 0. The van der Waals surface area contributed by atoms with Crippen LogP contribution < -0.4 is 13.6 Å². The molecule has 0 amide bonds. The van der Waals surface area contributed by atoms with Crippen LogP contribution in [-0.2, 0) is 0 Å². The normalized spacial score (nSPS) is 21.4. The SMILES string of the molecule is c1c[c]([Sn][CH]2CC2)ccc1OC1CCNCC1. The number of benzene rings is 1. The molecule has 1 aromatic carbocycles. The van der Waals surface area contributed by atoms with Crippen molar-refractivity contribution in [2.75, 3.05) is 13.1 Å². The molecular weight excluding hydrogens is 317 g/mol. The molecule has 90 valence electrons. The van der Waals surface area contributed by atoms with E-state index in [-0.39, 0.29) is 21.1 Å². The minimum absolute atomic E-state index is 0.254. The summed E-state index contributed by atoms with van der Waals surface area (Å²) in [5, 5.41) is 3.36. The molecule has 0 spiro atoms. The van der Waals surface area contributed by atoms with Crippen LogP contribution in [0.25, 0.3) is 0 Å². The van der Waals surface area contributed by atoms with Gasteiger partial charge >= 0.3 is 114 Å². The molecule has 3 heteroatoms. The molecular formula is C14H19NOSn. The Morgan fingerprint density at radius 3 is 2.35 bits per heavy atom. The summed E-state index contributed by atoms with van der Waals surface area (Å²) in [5.41, 5.74) is 0. The van der Waals surface area contributed by atoms with Crippen molar-refractivity contribution < 1.29 is 4.74 Å². The zero-order valence-electron chi connectivity index (χ0n) is 10.1. The Labute approximate surface area is 113 Å². The van der Waals surface area contributed by atoms with Gasteiger partial charge in [-0.25, -0.2) is 0 Å². The molecule has 1 heterocycles. The second-order valence-electron chi connectivity index (χ2n) is 5.01. The Morgan fingerprint density at radius 1 is 1.00 bits per heavy atom. The van der Waals surface area contributed by atoms with Gasteiger partial charge in [-0.2, -0.15) is 0 Å². The van der Waals surface area contributed by atoms with Crippen molar-refractivity contribution in [1.29, 1.82) is 0 Å². The van der Waals surface area contributed by atoms with E-state index in [2.05, 4.69) is 29.6 Å². The molecule has 1 N–H and O–H groups in total. The number of ether oxygens (including phenoxy) is 1. The first-order chi connectivity index (χ1) is 8.40. The molecule has 1 aliphatic heterocycles. The van der Waals surface area contributed by atoms with Crippen LogP contribution in [0.1, 0.15) is 25.7 Å². The van der Waals surface area contributed by atoms with Gasteiger partial charge in [-0.05, 0) is 0 Å². The molecule has 0 bridgehead atoms. The topological polar surface area (TPSA) is 21.3 Å². The summed E-state index contributed by atoms with van der Waals surface area (Å²) >= 11 is -0.254. The second-order valence-corrected chi connectivity index (χ2v) is 9.81. The fourth-order valence-corrected chi connectivity index (χ4v) is 5.87. The molecule has 2 nitrogen and oxygen atoms in total.